The molecule has 0 fully saturated rings. The average molecular weight is 426 g/mol. The molecule has 4 nitrogen and oxygen atoms in total. The maximum Gasteiger partial charge on any atom is 0.283 e. The second-order valence-electron chi connectivity index (χ2n) is 5.98. The van der Waals surface area contributed by atoms with Crippen molar-refractivity contribution in [1.29, 1.82) is 0 Å². The lowest BCUT2D eigenvalue weighted by molar-refractivity contribution is -0.387. The molecule has 4 rings (SSSR count). The van der Waals surface area contributed by atoms with Crippen LogP contribution in [-0.4, -0.2) is 10.7 Å². The molecule has 0 radical (unpaired) electrons. The van der Waals surface area contributed by atoms with Crippen LogP contribution in [0.2, 0.25) is 5.02 Å². The molecule has 7 heteroatoms. The highest BCUT2D eigenvalue weighted by Crippen LogP contribution is 2.41. The van der Waals surface area contributed by atoms with Crippen molar-refractivity contribution in [2.24, 2.45) is 0 Å². The topological polar surface area (TPSA) is 60.2 Å². The van der Waals surface area contributed by atoms with Gasteiger partial charge >= 0.3 is 0 Å². The highest BCUT2D eigenvalue weighted by atomic mass is 35.5. The van der Waals surface area contributed by atoms with Crippen LogP contribution in [0.5, 0.6) is 0 Å². The van der Waals surface area contributed by atoms with Gasteiger partial charge in [-0.1, -0.05) is 53.3 Å². The summed E-state index contributed by atoms with van der Waals surface area (Å²) in [5, 5.41) is 12.2. The maximum atomic E-state index is 12.5. The maximum absolute atomic E-state index is 12.5. The summed E-state index contributed by atoms with van der Waals surface area (Å²) in [7, 11) is 0. The molecule has 0 atom stereocenters. The average Bonchev–Trinajstić information content (AvgIpc) is 3.00. The molecule has 0 spiro atoms. The summed E-state index contributed by atoms with van der Waals surface area (Å²) in [6, 6.07) is 19.5. The molecule has 0 bridgehead atoms. The van der Waals surface area contributed by atoms with Crippen molar-refractivity contribution in [3.8, 4) is 0 Å². The van der Waals surface area contributed by atoms with E-state index in [-0.39, 0.29) is 11.5 Å². The van der Waals surface area contributed by atoms with Crippen molar-refractivity contribution in [3.05, 3.63) is 97.9 Å². The molecule has 1 aliphatic rings. The van der Waals surface area contributed by atoms with Crippen molar-refractivity contribution in [2.45, 2.75) is 14.7 Å². The highest BCUT2D eigenvalue weighted by molar-refractivity contribution is 8.04. The number of hydrogen-bond donors (Lipinski definition) is 0. The van der Waals surface area contributed by atoms with Gasteiger partial charge in [0.2, 0.25) is 5.78 Å². The third-order valence-electron chi connectivity index (χ3n) is 4.09. The number of fused-ring (bicyclic) bond motifs is 1. The first-order valence-electron chi connectivity index (χ1n) is 8.26. The molecule has 0 saturated heterocycles. The van der Waals surface area contributed by atoms with Crippen LogP contribution in [-0.2, 0) is 0 Å². The summed E-state index contributed by atoms with van der Waals surface area (Å²) >= 11 is 8.58. The first-order chi connectivity index (χ1) is 13.5. The number of allylic oxidation sites excluding steroid dienone is 1. The predicted octanol–water partition coefficient (Wildman–Crippen LogP) is 6.73. The first kappa shape index (κ1) is 18.8. The van der Waals surface area contributed by atoms with Crippen LogP contribution < -0.4 is 0 Å². The number of carbonyl (C=O) groups excluding carboxylic acids is 1. The lowest BCUT2D eigenvalue weighted by atomic mass is 10.1. The van der Waals surface area contributed by atoms with E-state index in [9.17, 15) is 14.9 Å². The van der Waals surface area contributed by atoms with Gasteiger partial charge in [-0.2, -0.15) is 0 Å². The number of ketones is 1. The molecule has 3 aromatic rings. The van der Waals surface area contributed by atoms with E-state index in [1.54, 1.807) is 36.4 Å². The molecule has 28 heavy (non-hydrogen) atoms. The zero-order valence-corrected chi connectivity index (χ0v) is 16.7. The molecule has 0 N–H and O–H groups in total. The zero-order valence-electron chi connectivity index (χ0n) is 14.3. The monoisotopic (exact) mass is 425 g/mol. The lowest BCUT2D eigenvalue weighted by Gasteiger charge is -2.05. The number of halogens is 1. The van der Waals surface area contributed by atoms with Gasteiger partial charge in [-0.3, -0.25) is 14.9 Å². The predicted molar refractivity (Wildman–Crippen MR) is 113 cm³/mol. The van der Waals surface area contributed by atoms with Crippen molar-refractivity contribution in [1.82, 2.24) is 0 Å². The van der Waals surface area contributed by atoms with Gasteiger partial charge in [0, 0.05) is 26.4 Å². The summed E-state index contributed by atoms with van der Waals surface area (Å²) in [5.41, 5.74) is 1.29. The molecule has 0 aromatic heterocycles. The summed E-state index contributed by atoms with van der Waals surface area (Å²) in [6.07, 6.45) is 1.71. The van der Waals surface area contributed by atoms with Gasteiger partial charge < -0.3 is 0 Å². The van der Waals surface area contributed by atoms with E-state index in [2.05, 4.69) is 0 Å². The summed E-state index contributed by atoms with van der Waals surface area (Å²) in [5.74, 6) is -0.0529. The minimum atomic E-state index is -0.404. The standard InChI is InChI=1S/C21H12ClNO3S2/c22-14-6-8-15(9-7-14)27-19-10-5-13(11-17(19)23(25)26)12-20-21(24)16-3-1-2-4-18(16)28-20/h1-12H/b20-12+. The van der Waals surface area contributed by atoms with Crippen LogP contribution in [0.15, 0.2) is 86.3 Å². The Morgan fingerprint density at radius 2 is 1.79 bits per heavy atom. The lowest BCUT2D eigenvalue weighted by Crippen LogP contribution is -1.95. The van der Waals surface area contributed by atoms with E-state index in [4.69, 9.17) is 11.6 Å². The number of nitrogens with zero attached hydrogens (tertiary/aromatic N) is 1. The van der Waals surface area contributed by atoms with Crippen molar-refractivity contribution >= 4 is 52.7 Å². The van der Waals surface area contributed by atoms with E-state index in [1.807, 2.05) is 30.3 Å². The molecular weight excluding hydrogens is 414 g/mol. The number of Topliss-reactive ketones (excluding diaryl/α,β-unsaturated/α-hetero) is 1. The molecule has 1 aliphatic heterocycles. The summed E-state index contributed by atoms with van der Waals surface area (Å²) in [6.45, 7) is 0. The third-order valence-corrected chi connectivity index (χ3v) is 6.52. The van der Waals surface area contributed by atoms with Crippen LogP contribution in [0.3, 0.4) is 0 Å². The Bertz CT molecular complexity index is 1130. The van der Waals surface area contributed by atoms with Crippen LogP contribution in [0.1, 0.15) is 15.9 Å². The van der Waals surface area contributed by atoms with E-state index in [0.29, 0.717) is 26.0 Å². The fourth-order valence-corrected chi connectivity index (χ4v) is 4.85. The van der Waals surface area contributed by atoms with Gasteiger partial charge in [0.1, 0.15) is 0 Å². The molecule has 138 valence electrons. The van der Waals surface area contributed by atoms with Gasteiger partial charge in [-0.15, -0.1) is 0 Å². The number of rotatable bonds is 4. The minimum Gasteiger partial charge on any atom is -0.288 e. The minimum absolute atomic E-state index is 0.00209. The molecule has 0 unspecified atom stereocenters. The van der Waals surface area contributed by atoms with Crippen LogP contribution in [0.4, 0.5) is 5.69 Å². The molecule has 3 aromatic carbocycles. The smallest absolute Gasteiger partial charge is 0.283 e. The molecule has 0 aliphatic carbocycles. The molecular formula is C21H12ClNO3S2. The van der Waals surface area contributed by atoms with Gasteiger partial charge in [0.15, 0.2) is 0 Å². The van der Waals surface area contributed by atoms with Crippen molar-refractivity contribution < 1.29 is 9.72 Å². The Balaban J connectivity index is 1.65. The third kappa shape index (κ3) is 3.85. The Kier molecular flexibility index (Phi) is 5.26. The fraction of sp³-hybridized carbons (Fsp3) is 0. The fourth-order valence-electron chi connectivity index (χ4n) is 2.77. The number of nitro groups is 1. The van der Waals surface area contributed by atoms with Crippen molar-refractivity contribution in [2.75, 3.05) is 0 Å². The van der Waals surface area contributed by atoms with E-state index in [1.165, 1.54) is 29.6 Å². The van der Waals surface area contributed by atoms with E-state index in [0.717, 1.165) is 9.79 Å². The number of hydrogen-bond acceptors (Lipinski definition) is 5. The number of nitro benzene ring substituents is 1. The van der Waals surface area contributed by atoms with E-state index < -0.39 is 4.92 Å². The van der Waals surface area contributed by atoms with Crippen LogP contribution in [0.25, 0.3) is 6.08 Å². The Morgan fingerprint density at radius 3 is 2.50 bits per heavy atom. The molecule has 0 saturated carbocycles. The number of benzene rings is 3. The normalized spacial score (nSPS) is 14.3. The second kappa shape index (κ2) is 7.83. The molecule has 0 amide bonds. The zero-order chi connectivity index (χ0) is 19.7. The quantitative estimate of drug-likeness (QED) is 0.263. The van der Waals surface area contributed by atoms with Crippen LogP contribution in [0, 0.1) is 10.1 Å². The highest BCUT2D eigenvalue weighted by Gasteiger charge is 2.25. The molecule has 1 heterocycles. The first-order valence-corrected chi connectivity index (χ1v) is 10.3. The second-order valence-corrected chi connectivity index (χ2v) is 8.61. The van der Waals surface area contributed by atoms with Crippen LogP contribution >= 0.6 is 35.1 Å². The number of thioether (sulfide) groups is 1. The van der Waals surface area contributed by atoms with E-state index >= 15 is 0 Å². The Morgan fingerprint density at radius 1 is 1.04 bits per heavy atom. The Labute approximate surface area is 174 Å². The summed E-state index contributed by atoms with van der Waals surface area (Å²) in [4.78, 5) is 26.5. The Hall–Kier alpha value is -2.54. The van der Waals surface area contributed by atoms with Gasteiger partial charge in [0.25, 0.3) is 5.69 Å². The largest absolute Gasteiger partial charge is 0.288 e. The SMILES string of the molecule is O=C1/C(=C\c2ccc(Sc3ccc(Cl)cc3)c([N+](=O)[O-])c2)Sc2ccccc21. The summed E-state index contributed by atoms with van der Waals surface area (Å²) < 4.78 is 0. The van der Waals surface area contributed by atoms with Gasteiger partial charge in [-0.25, -0.2) is 0 Å². The van der Waals surface area contributed by atoms with Gasteiger partial charge in [-0.05, 0) is 54.1 Å². The van der Waals surface area contributed by atoms with Crippen molar-refractivity contribution in [3.63, 3.8) is 0 Å². The number of carbonyl (C=O) groups is 1. The van der Waals surface area contributed by atoms with Gasteiger partial charge in [0.05, 0.1) is 14.7 Å².